The van der Waals surface area contributed by atoms with Crippen LogP contribution in [0.4, 0.5) is 8.78 Å². The number of nitrogens with zero attached hydrogens (tertiary/aromatic N) is 2. The second kappa shape index (κ2) is 9.49. The molecular formula is C22H24F2N2O3. The van der Waals surface area contributed by atoms with Crippen LogP contribution in [-0.2, 0) is 22.6 Å². The van der Waals surface area contributed by atoms with Crippen LogP contribution in [0.1, 0.15) is 17.5 Å². The van der Waals surface area contributed by atoms with Crippen molar-refractivity contribution in [3.05, 3.63) is 65.7 Å². The molecule has 1 saturated heterocycles. The molecule has 5 nitrogen and oxygen atoms in total. The van der Waals surface area contributed by atoms with Crippen molar-refractivity contribution in [2.75, 3.05) is 20.1 Å². The number of carbonyl (C=O) groups excluding carboxylic acids is 2. The third-order valence-electron chi connectivity index (χ3n) is 5.02. The Balaban J connectivity index is 1.51. The van der Waals surface area contributed by atoms with Crippen LogP contribution >= 0.6 is 0 Å². The van der Waals surface area contributed by atoms with E-state index in [0.29, 0.717) is 19.6 Å². The first-order chi connectivity index (χ1) is 13.9. The highest BCUT2D eigenvalue weighted by Gasteiger charge is 2.35. The number of amides is 2. The van der Waals surface area contributed by atoms with Crippen molar-refractivity contribution >= 4 is 11.8 Å². The molecule has 0 saturated carbocycles. The minimum Gasteiger partial charge on any atom is -0.435 e. The predicted octanol–water partition coefficient (Wildman–Crippen LogP) is 3.34. The summed E-state index contributed by atoms with van der Waals surface area (Å²) in [6.45, 7) is -1.50. The summed E-state index contributed by atoms with van der Waals surface area (Å²) < 4.78 is 28.8. The van der Waals surface area contributed by atoms with Gasteiger partial charge < -0.3 is 14.5 Å². The van der Waals surface area contributed by atoms with E-state index < -0.39 is 6.61 Å². The van der Waals surface area contributed by atoms with Crippen molar-refractivity contribution in [2.45, 2.75) is 26.0 Å². The van der Waals surface area contributed by atoms with Gasteiger partial charge in [-0.05, 0) is 29.7 Å². The Kier molecular flexibility index (Phi) is 6.80. The van der Waals surface area contributed by atoms with Crippen LogP contribution < -0.4 is 4.74 Å². The number of alkyl halides is 2. The number of halogens is 2. The molecule has 1 aliphatic rings. The van der Waals surface area contributed by atoms with Gasteiger partial charge in [0.25, 0.3) is 0 Å². The molecule has 2 aromatic carbocycles. The maximum atomic E-state index is 12.8. The van der Waals surface area contributed by atoms with Gasteiger partial charge in [-0.25, -0.2) is 0 Å². The maximum Gasteiger partial charge on any atom is 0.387 e. The minimum atomic E-state index is -2.87. The minimum absolute atomic E-state index is 0.00109. The number of hydrogen-bond donors (Lipinski definition) is 0. The molecule has 0 aliphatic carbocycles. The Hall–Kier alpha value is -2.96. The largest absolute Gasteiger partial charge is 0.435 e. The molecule has 0 radical (unpaired) electrons. The topological polar surface area (TPSA) is 49.9 Å². The number of ether oxygens (including phenoxy) is 1. The fraction of sp³-hybridized carbons (Fsp3) is 0.364. The highest BCUT2D eigenvalue weighted by atomic mass is 19.3. The van der Waals surface area contributed by atoms with Gasteiger partial charge in [-0.2, -0.15) is 8.78 Å². The average molecular weight is 402 g/mol. The first-order valence-corrected chi connectivity index (χ1v) is 9.53. The Morgan fingerprint density at radius 1 is 1.14 bits per heavy atom. The Bertz CT molecular complexity index is 828. The first-order valence-electron chi connectivity index (χ1n) is 9.53. The number of likely N-dealkylation sites (tertiary alicyclic amines) is 1. The molecule has 1 aliphatic heterocycles. The Morgan fingerprint density at radius 3 is 2.48 bits per heavy atom. The normalized spacial score (nSPS) is 16.3. The summed E-state index contributed by atoms with van der Waals surface area (Å²) in [7, 11) is 1.68. The van der Waals surface area contributed by atoms with Gasteiger partial charge in [0.05, 0.1) is 5.92 Å². The van der Waals surface area contributed by atoms with Crippen LogP contribution in [0.3, 0.4) is 0 Å². The molecular weight excluding hydrogens is 378 g/mol. The van der Waals surface area contributed by atoms with Crippen LogP contribution in [0, 0.1) is 5.92 Å². The van der Waals surface area contributed by atoms with Crippen molar-refractivity contribution in [1.82, 2.24) is 9.80 Å². The van der Waals surface area contributed by atoms with E-state index in [1.165, 1.54) is 12.1 Å². The van der Waals surface area contributed by atoms with Crippen LogP contribution in [-0.4, -0.2) is 48.4 Å². The summed E-state index contributed by atoms with van der Waals surface area (Å²) in [6.07, 6.45) is 0.982. The van der Waals surface area contributed by atoms with Crippen molar-refractivity contribution in [2.24, 2.45) is 5.92 Å². The van der Waals surface area contributed by atoms with E-state index in [-0.39, 0.29) is 29.9 Å². The van der Waals surface area contributed by atoms with E-state index in [0.717, 1.165) is 17.5 Å². The zero-order valence-corrected chi connectivity index (χ0v) is 16.3. The van der Waals surface area contributed by atoms with Crippen LogP contribution in [0.2, 0.25) is 0 Å². The van der Waals surface area contributed by atoms with Crippen LogP contribution in [0.15, 0.2) is 54.6 Å². The number of benzene rings is 2. The molecule has 7 heteroatoms. The van der Waals surface area contributed by atoms with Gasteiger partial charge >= 0.3 is 6.61 Å². The smallest absolute Gasteiger partial charge is 0.387 e. The number of carbonyl (C=O) groups is 2. The predicted molar refractivity (Wildman–Crippen MR) is 104 cm³/mol. The quantitative estimate of drug-likeness (QED) is 0.681. The molecule has 0 spiro atoms. The molecule has 3 rings (SSSR count). The van der Waals surface area contributed by atoms with Crippen LogP contribution in [0.5, 0.6) is 5.75 Å². The molecule has 2 amide bonds. The number of rotatable bonds is 8. The van der Waals surface area contributed by atoms with E-state index in [1.807, 2.05) is 30.3 Å². The summed E-state index contributed by atoms with van der Waals surface area (Å²) in [5.74, 6) is -0.368. The molecule has 0 bridgehead atoms. The Morgan fingerprint density at radius 2 is 1.83 bits per heavy atom. The molecule has 2 aromatic rings. The lowest BCUT2D eigenvalue weighted by Crippen LogP contribution is -2.34. The molecule has 29 heavy (non-hydrogen) atoms. The zero-order valence-electron chi connectivity index (χ0n) is 16.3. The zero-order chi connectivity index (χ0) is 20.8. The SMILES string of the molecule is CN(Cc1ccc(OC(F)F)cc1)C(=O)C1CC(=O)N(CCc2ccccc2)C1. The highest BCUT2D eigenvalue weighted by Crippen LogP contribution is 2.22. The lowest BCUT2D eigenvalue weighted by molar-refractivity contribution is -0.135. The Labute approximate surface area is 168 Å². The molecule has 0 aromatic heterocycles. The van der Waals surface area contributed by atoms with Gasteiger partial charge in [0.1, 0.15) is 5.75 Å². The van der Waals surface area contributed by atoms with E-state index in [1.54, 1.807) is 29.0 Å². The van der Waals surface area contributed by atoms with Gasteiger partial charge in [-0.3, -0.25) is 9.59 Å². The van der Waals surface area contributed by atoms with Crippen molar-refractivity contribution in [3.8, 4) is 5.75 Å². The fourth-order valence-corrected chi connectivity index (χ4v) is 3.50. The first kappa shape index (κ1) is 20.8. The molecule has 1 unspecified atom stereocenters. The summed E-state index contributed by atoms with van der Waals surface area (Å²) >= 11 is 0. The van der Waals surface area contributed by atoms with Gasteiger partial charge in [-0.15, -0.1) is 0 Å². The summed E-state index contributed by atoms with van der Waals surface area (Å²) in [6, 6.07) is 16.1. The summed E-state index contributed by atoms with van der Waals surface area (Å²) in [5.41, 5.74) is 1.96. The van der Waals surface area contributed by atoms with Gasteiger partial charge in [-0.1, -0.05) is 42.5 Å². The second-order valence-electron chi connectivity index (χ2n) is 7.19. The molecule has 1 heterocycles. The van der Waals surface area contributed by atoms with E-state index in [2.05, 4.69) is 4.74 Å². The summed E-state index contributed by atoms with van der Waals surface area (Å²) in [4.78, 5) is 28.4. The van der Waals surface area contributed by atoms with Gasteiger partial charge in [0.2, 0.25) is 11.8 Å². The third kappa shape index (κ3) is 5.76. The molecule has 1 fully saturated rings. The standard InChI is InChI=1S/C22H24F2N2O3/c1-25(14-17-7-9-19(10-8-17)29-22(23)24)21(28)18-13-20(27)26(15-18)12-11-16-5-3-2-4-6-16/h2-10,18,22H,11-15H2,1H3. The average Bonchev–Trinajstić information content (AvgIpc) is 3.08. The highest BCUT2D eigenvalue weighted by molar-refractivity contribution is 5.89. The van der Waals surface area contributed by atoms with Crippen molar-refractivity contribution < 1.29 is 23.1 Å². The van der Waals surface area contributed by atoms with Crippen molar-refractivity contribution in [1.29, 1.82) is 0 Å². The summed E-state index contributed by atoms with van der Waals surface area (Å²) in [5, 5.41) is 0. The number of hydrogen-bond acceptors (Lipinski definition) is 3. The fourth-order valence-electron chi connectivity index (χ4n) is 3.50. The van der Waals surface area contributed by atoms with E-state index in [4.69, 9.17) is 0 Å². The van der Waals surface area contributed by atoms with Crippen molar-refractivity contribution in [3.63, 3.8) is 0 Å². The third-order valence-corrected chi connectivity index (χ3v) is 5.02. The van der Waals surface area contributed by atoms with Gasteiger partial charge in [0, 0.05) is 33.1 Å². The molecule has 154 valence electrons. The second-order valence-corrected chi connectivity index (χ2v) is 7.19. The monoisotopic (exact) mass is 402 g/mol. The lowest BCUT2D eigenvalue weighted by Gasteiger charge is -2.22. The molecule has 1 atom stereocenters. The molecule has 0 N–H and O–H groups in total. The lowest BCUT2D eigenvalue weighted by atomic mass is 10.1. The van der Waals surface area contributed by atoms with E-state index >= 15 is 0 Å². The van der Waals surface area contributed by atoms with Gasteiger partial charge in [0.15, 0.2) is 0 Å². The van der Waals surface area contributed by atoms with E-state index in [9.17, 15) is 18.4 Å². The van der Waals surface area contributed by atoms with Crippen LogP contribution in [0.25, 0.3) is 0 Å². The maximum absolute atomic E-state index is 12.8.